The Morgan fingerprint density at radius 1 is 1.26 bits per heavy atom. The topological polar surface area (TPSA) is 109 Å². The second-order valence-electron chi connectivity index (χ2n) is 6.19. The van der Waals surface area contributed by atoms with Gasteiger partial charge in [0.15, 0.2) is 5.69 Å². The van der Waals surface area contributed by atoms with Gasteiger partial charge in [0.25, 0.3) is 5.69 Å². The molecule has 134 valence electrons. The Morgan fingerprint density at radius 2 is 2.04 bits per heavy atom. The standard InChI is InChI=1S/C19H15N5O2S/c20-10-14-13-8-9-23(11-16(13)27-19(14)21)17-7-6-15(24(25)26)18(22-17)12-4-2-1-3-5-12/h1-7H,8-9,11,21H2. The van der Waals surface area contributed by atoms with Gasteiger partial charge in [-0.05, 0) is 18.1 Å². The number of benzene rings is 1. The van der Waals surface area contributed by atoms with Crippen molar-refractivity contribution in [3.05, 3.63) is 68.6 Å². The van der Waals surface area contributed by atoms with Crippen molar-refractivity contribution in [1.29, 1.82) is 5.26 Å². The molecular formula is C19H15N5O2S. The van der Waals surface area contributed by atoms with Crippen LogP contribution in [0.3, 0.4) is 0 Å². The number of nitriles is 1. The summed E-state index contributed by atoms with van der Waals surface area (Å²) in [6.07, 6.45) is 0.700. The number of rotatable bonds is 3. The number of fused-ring (bicyclic) bond motifs is 1. The first-order valence-corrected chi connectivity index (χ1v) is 9.16. The van der Waals surface area contributed by atoms with Gasteiger partial charge in [-0.1, -0.05) is 30.3 Å². The number of hydrogen-bond acceptors (Lipinski definition) is 7. The highest BCUT2D eigenvalue weighted by atomic mass is 32.1. The second kappa shape index (κ2) is 6.70. The van der Waals surface area contributed by atoms with Gasteiger partial charge in [0.05, 0.1) is 17.0 Å². The van der Waals surface area contributed by atoms with E-state index in [0.717, 1.165) is 10.4 Å². The third kappa shape index (κ3) is 2.98. The molecule has 0 radical (unpaired) electrons. The van der Waals surface area contributed by atoms with Crippen molar-refractivity contribution in [2.24, 2.45) is 0 Å². The molecule has 7 nitrogen and oxygen atoms in total. The summed E-state index contributed by atoms with van der Waals surface area (Å²) in [7, 11) is 0. The Labute approximate surface area is 159 Å². The number of hydrogen-bond donors (Lipinski definition) is 1. The van der Waals surface area contributed by atoms with Crippen LogP contribution in [0.1, 0.15) is 16.0 Å². The average Bonchev–Trinajstić information content (AvgIpc) is 3.02. The Kier molecular flexibility index (Phi) is 4.22. The molecule has 1 aromatic carbocycles. The fourth-order valence-electron chi connectivity index (χ4n) is 3.32. The largest absolute Gasteiger partial charge is 0.389 e. The molecule has 1 aliphatic rings. The first-order chi connectivity index (χ1) is 13.1. The van der Waals surface area contributed by atoms with Crippen LogP contribution in [-0.4, -0.2) is 16.5 Å². The molecule has 0 saturated heterocycles. The van der Waals surface area contributed by atoms with Crippen LogP contribution in [0.15, 0.2) is 42.5 Å². The van der Waals surface area contributed by atoms with Crippen LogP contribution in [0.2, 0.25) is 0 Å². The van der Waals surface area contributed by atoms with Gasteiger partial charge in [0, 0.05) is 23.1 Å². The smallest absolute Gasteiger partial charge is 0.295 e. The first-order valence-electron chi connectivity index (χ1n) is 8.34. The molecule has 2 aromatic heterocycles. The lowest BCUT2D eigenvalue weighted by Crippen LogP contribution is -2.30. The van der Waals surface area contributed by atoms with E-state index < -0.39 is 4.92 Å². The first kappa shape index (κ1) is 17.0. The fourth-order valence-corrected chi connectivity index (χ4v) is 4.40. The summed E-state index contributed by atoms with van der Waals surface area (Å²) in [6.45, 7) is 1.27. The van der Waals surface area contributed by atoms with Crippen molar-refractivity contribution in [2.75, 3.05) is 17.2 Å². The third-order valence-corrected chi connectivity index (χ3v) is 5.67. The number of nitrogens with zero attached hydrogens (tertiary/aromatic N) is 4. The van der Waals surface area contributed by atoms with Gasteiger partial charge in [-0.3, -0.25) is 10.1 Å². The molecule has 0 atom stereocenters. The van der Waals surface area contributed by atoms with Gasteiger partial charge < -0.3 is 10.6 Å². The summed E-state index contributed by atoms with van der Waals surface area (Å²) in [5.41, 5.74) is 8.59. The number of nitrogens with two attached hydrogens (primary N) is 1. The highest BCUT2D eigenvalue weighted by molar-refractivity contribution is 7.16. The number of nitro groups is 1. The molecule has 2 N–H and O–H groups in total. The molecular weight excluding hydrogens is 362 g/mol. The lowest BCUT2D eigenvalue weighted by molar-refractivity contribution is -0.384. The van der Waals surface area contributed by atoms with Crippen LogP contribution >= 0.6 is 11.3 Å². The Balaban J connectivity index is 1.73. The van der Waals surface area contributed by atoms with E-state index in [1.807, 2.05) is 30.3 Å². The summed E-state index contributed by atoms with van der Waals surface area (Å²) >= 11 is 1.43. The molecule has 8 heteroatoms. The van der Waals surface area contributed by atoms with Crippen LogP contribution < -0.4 is 10.6 Å². The maximum absolute atomic E-state index is 11.4. The Bertz CT molecular complexity index is 1070. The van der Waals surface area contributed by atoms with Crippen molar-refractivity contribution in [2.45, 2.75) is 13.0 Å². The Morgan fingerprint density at radius 3 is 2.74 bits per heavy atom. The summed E-state index contributed by atoms with van der Waals surface area (Å²) in [5, 5.41) is 21.3. The monoisotopic (exact) mass is 377 g/mol. The summed E-state index contributed by atoms with van der Waals surface area (Å²) < 4.78 is 0. The van der Waals surface area contributed by atoms with E-state index in [-0.39, 0.29) is 5.69 Å². The minimum atomic E-state index is -0.410. The van der Waals surface area contributed by atoms with Crippen LogP contribution in [0.4, 0.5) is 16.5 Å². The minimum Gasteiger partial charge on any atom is -0.389 e. The van der Waals surface area contributed by atoms with E-state index in [1.165, 1.54) is 17.4 Å². The lowest BCUT2D eigenvalue weighted by Gasteiger charge is -2.28. The lowest BCUT2D eigenvalue weighted by atomic mass is 10.0. The Hall–Kier alpha value is -3.44. The molecule has 1 aliphatic heterocycles. The van der Waals surface area contributed by atoms with Crippen LogP contribution in [0.5, 0.6) is 0 Å². The highest BCUT2D eigenvalue weighted by Crippen LogP contribution is 2.37. The van der Waals surface area contributed by atoms with Crippen molar-refractivity contribution < 1.29 is 4.92 Å². The fraction of sp³-hybridized carbons (Fsp3) is 0.158. The zero-order valence-corrected chi connectivity index (χ0v) is 15.1. The molecule has 3 aromatic rings. The summed E-state index contributed by atoms with van der Waals surface area (Å²) in [6, 6.07) is 14.5. The molecule has 4 rings (SSSR count). The molecule has 3 heterocycles. The SMILES string of the molecule is N#Cc1c(N)sc2c1CCN(c1ccc([N+](=O)[O-])c(-c3ccccc3)n1)C2. The van der Waals surface area contributed by atoms with Crippen molar-refractivity contribution in [1.82, 2.24) is 4.98 Å². The van der Waals surface area contributed by atoms with E-state index in [4.69, 9.17) is 5.73 Å². The van der Waals surface area contributed by atoms with Gasteiger partial charge >= 0.3 is 0 Å². The zero-order valence-electron chi connectivity index (χ0n) is 14.3. The summed E-state index contributed by atoms with van der Waals surface area (Å²) in [4.78, 5) is 18.7. The third-order valence-electron chi connectivity index (χ3n) is 4.62. The van der Waals surface area contributed by atoms with Crippen LogP contribution in [-0.2, 0) is 13.0 Å². The van der Waals surface area contributed by atoms with E-state index in [0.29, 0.717) is 47.2 Å². The molecule has 0 aliphatic carbocycles. The van der Waals surface area contributed by atoms with Crippen molar-refractivity contribution >= 4 is 27.8 Å². The van der Waals surface area contributed by atoms with Crippen LogP contribution in [0.25, 0.3) is 11.3 Å². The van der Waals surface area contributed by atoms with E-state index >= 15 is 0 Å². The van der Waals surface area contributed by atoms with Gasteiger partial charge in [-0.25, -0.2) is 4.98 Å². The summed E-state index contributed by atoms with van der Waals surface area (Å²) in [5.74, 6) is 0.676. The van der Waals surface area contributed by atoms with E-state index in [2.05, 4.69) is 16.0 Å². The van der Waals surface area contributed by atoms with Gasteiger partial charge in [0.1, 0.15) is 16.9 Å². The quantitative estimate of drug-likeness (QED) is 0.550. The molecule has 0 saturated carbocycles. The number of nitrogen functional groups attached to an aromatic ring is 1. The minimum absolute atomic E-state index is 0.0187. The van der Waals surface area contributed by atoms with Gasteiger partial charge in [-0.15, -0.1) is 11.3 Å². The predicted molar refractivity (Wildman–Crippen MR) is 105 cm³/mol. The number of pyridine rings is 1. The van der Waals surface area contributed by atoms with E-state index in [1.54, 1.807) is 6.07 Å². The van der Waals surface area contributed by atoms with Gasteiger partial charge in [0.2, 0.25) is 0 Å². The van der Waals surface area contributed by atoms with Crippen molar-refractivity contribution in [3.8, 4) is 17.3 Å². The molecule has 0 amide bonds. The van der Waals surface area contributed by atoms with Crippen molar-refractivity contribution in [3.63, 3.8) is 0 Å². The average molecular weight is 377 g/mol. The maximum atomic E-state index is 11.4. The van der Waals surface area contributed by atoms with Crippen LogP contribution in [0, 0.1) is 21.4 Å². The molecule has 0 bridgehead atoms. The molecule has 0 unspecified atom stereocenters. The molecule has 27 heavy (non-hydrogen) atoms. The molecule has 0 spiro atoms. The van der Waals surface area contributed by atoms with E-state index in [9.17, 15) is 15.4 Å². The number of anilines is 2. The van der Waals surface area contributed by atoms with Gasteiger partial charge in [-0.2, -0.15) is 5.26 Å². The predicted octanol–water partition coefficient (Wildman–Crippen LogP) is 3.73. The number of thiophene rings is 1. The zero-order chi connectivity index (χ0) is 19.0. The molecule has 0 fully saturated rings. The highest BCUT2D eigenvalue weighted by Gasteiger charge is 2.26. The second-order valence-corrected chi connectivity index (χ2v) is 7.32. The maximum Gasteiger partial charge on any atom is 0.295 e. The normalized spacial score (nSPS) is 13.1. The number of aromatic nitrogens is 1.